The van der Waals surface area contributed by atoms with E-state index in [1.54, 1.807) is 30.5 Å². The van der Waals surface area contributed by atoms with Crippen LogP contribution in [0.1, 0.15) is 135 Å². The number of alkyl halides is 6. The van der Waals surface area contributed by atoms with E-state index in [2.05, 4.69) is 114 Å². The van der Waals surface area contributed by atoms with Gasteiger partial charge in [-0.15, -0.1) is 0 Å². The molecule has 9 aromatic rings. The second-order valence-electron chi connectivity index (χ2n) is 29.2. The van der Waals surface area contributed by atoms with E-state index < -0.39 is 34.9 Å². The van der Waals surface area contributed by atoms with Gasteiger partial charge < -0.3 is 38.1 Å². The molecule has 0 unspecified atom stereocenters. The third kappa shape index (κ3) is 42.9. The van der Waals surface area contributed by atoms with E-state index in [0.717, 1.165) is 123 Å². The van der Waals surface area contributed by atoms with E-state index >= 15 is 0 Å². The highest BCUT2D eigenvalue weighted by molar-refractivity contribution is 6.40. The molecule has 0 aromatic heterocycles. The molecule has 3 heterocycles. The van der Waals surface area contributed by atoms with Gasteiger partial charge in [0, 0.05) is 124 Å². The van der Waals surface area contributed by atoms with E-state index in [1.807, 2.05) is 85.9 Å². The second kappa shape index (κ2) is 59.2. The van der Waals surface area contributed by atoms with Gasteiger partial charge in [-0.1, -0.05) is 191 Å². The third-order valence-electron chi connectivity index (χ3n) is 18.6. The average Bonchev–Trinajstić information content (AvgIpc) is 1.11. The molecular formula is C96H105Cl8F7N20O2. The minimum Gasteiger partial charge on any atom is -0.497 e. The molecule has 37 heteroatoms. The number of nitrogens with zero attached hydrogens (tertiary/aromatic N) is 10. The van der Waals surface area contributed by atoms with Gasteiger partial charge in [-0.2, -0.15) is 26.3 Å². The summed E-state index contributed by atoms with van der Waals surface area (Å²) in [7, 11) is 1.53. The van der Waals surface area contributed by atoms with Crippen molar-refractivity contribution in [2.24, 2.45) is 78.6 Å². The zero-order valence-corrected chi connectivity index (χ0v) is 80.0. The lowest BCUT2D eigenvalue weighted by atomic mass is 9.97. The molecule has 12 rings (SSSR count). The zero-order chi connectivity index (χ0) is 98.2. The van der Waals surface area contributed by atoms with Crippen molar-refractivity contribution in [2.45, 2.75) is 105 Å². The van der Waals surface area contributed by atoms with Crippen LogP contribution >= 0.6 is 92.8 Å². The summed E-state index contributed by atoms with van der Waals surface area (Å²) in [6.07, 6.45) is 8.41. The van der Waals surface area contributed by atoms with Gasteiger partial charge in [-0.3, -0.25) is 77.0 Å². The molecule has 706 valence electrons. The summed E-state index contributed by atoms with van der Waals surface area (Å²) in [6.45, 7) is 15.6. The minimum atomic E-state index is -4.65. The quantitative estimate of drug-likeness (QED) is 0.0128. The topological polar surface area (TPSA) is 391 Å². The molecule has 0 atom stereocenters. The Hall–Kier alpha value is -11.5. The van der Waals surface area contributed by atoms with Crippen molar-refractivity contribution in [3.63, 3.8) is 0 Å². The van der Waals surface area contributed by atoms with Gasteiger partial charge in [-0.05, 0) is 196 Å². The lowest BCUT2D eigenvalue weighted by Crippen LogP contribution is -2.15. The predicted molar refractivity (Wildman–Crippen MR) is 542 cm³/mol. The number of rotatable bonds is 28. The van der Waals surface area contributed by atoms with E-state index in [-0.39, 0.29) is 72.5 Å². The second-order valence-corrected chi connectivity index (χ2v) is 32.5. The first-order valence-electron chi connectivity index (χ1n) is 41.1. The molecule has 0 amide bonds. The van der Waals surface area contributed by atoms with Crippen molar-refractivity contribution in [3.05, 3.63) is 299 Å². The van der Waals surface area contributed by atoms with Gasteiger partial charge in [-0.25, -0.2) is 4.39 Å². The fraction of sp³-hybridized carbons (Fsp3) is 0.281. The van der Waals surface area contributed by atoms with Crippen LogP contribution < -0.4 is 38.1 Å². The molecule has 9 aromatic carbocycles. The molecule has 133 heavy (non-hydrogen) atoms. The normalized spacial score (nSPS) is 12.9. The summed E-state index contributed by atoms with van der Waals surface area (Å²) in [5, 5.41) is 38.8. The van der Waals surface area contributed by atoms with Crippen LogP contribution in [0.25, 0.3) is 0 Å². The number of nitrogens with one attached hydrogen (secondary N) is 5. The number of amidine groups is 5. The molecule has 0 saturated heterocycles. The first-order valence-corrected chi connectivity index (χ1v) is 44.2. The smallest absolute Gasteiger partial charge is 0.417 e. The Morgan fingerprint density at radius 2 is 0.842 bits per heavy atom. The zero-order valence-electron chi connectivity index (χ0n) is 73.9. The molecular weight excluding hydrogens is 1880 g/mol. The molecule has 22 nitrogen and oxygen atoms in total. The van der Waals surface area contributed by atoms with Gasteiger partial charge in [0.2, 0.25) is 0 Å². The summed E-state index contributed by atoms with van der Waals surface area (Å²) >= 11 is 48.0. The molecule has 3 aliphatic rings. The van der Waals surface area contributed by atoms with Crippen LogP contribution in [0.4, 0.5) is 30.7 Å². The van der Waals surface area contributed by atoms with Crippen molar-refractivity contribution < 1.29 is 40.2 Å². The Balaban J connectivity index is 0.000000270. The Morgan fingerprint density at radius 3 is 1.29 bits per heavy atom. The lowest BCUT2D eigenvalue weighted by Gasteiger charge is -2.10. The molecule has 15 N–H and O–H groups in total. The summed E-state index contributed by atoms with van der Waals surface area (Å²) < 4.78 is 98.7. The maximum absolute atomic E-state index is 13.2. The molecule has 0 radical (unpaired) electrons. The summed E-state index contributed by atoms with van der Waals surface area (Å²) in [6, 6.07) is 47.9. The standard InChI is InChI=1S/C16H15Cl2N3O.C14H18N2.C13H17N.C12H12Cl2N2.C11H14ClN3.C10H11Cl2N3O.C10H9ClF3N3.C10H9F4N3/c17-14-6-12(22-10-11-4-2-1-3-5-11)7-15(18)13(14)8-21-9-16(19)20;1-11-5-3-6-12(2)14(11)10-15-9-13-7-4-8-16-13;1-10-5-3-6-11(2)13(10)9-12-7-4-8-14-12;13-11-4-1-5-12(14)10(11)8-15-7-9-3-2-6-16-9;1-2-10(15-7-11(13)14)8-4-3-5-9(12)6-8;1-16-6-2-8(11)7(9(12)3-6)4-15-5-10(13)14;11-8-2-1-7(10(12,13)14)3-6(8)4-17-5-9(15)16;11-8-3-1-2-7(10(12,13)14)6(8)4-17-5-9(15)16/h1-8H,9-10H2,(H3,19,20);3,5-6,10H,4,7-9H2,1-2H3;3,5-6H,4,7-9H2,1-2H3;1,4-5,8H,2-3,6-7H2;3-6H,2,7H2,1H3,(H3,13,14);2-4H,5H2,1H3,(H3,13,14);2*1-4H,5H2,(H3,15,16). The molecule has 0 spiro atoms. The Labute approximate surface area is 810 Å². The third-order valence-corrected chi connectivity index (χ3v) is 21.1. The summed E-state index contributed by atoms with van der Waals surface area (Å²) in [4.78, 5) is 41.5. The highest BCUT2D eigenvalue weighted by Gasteiger charge is 2.34. The van der Waals surface area contributed by atoms with Gasteiger partial charge >= 0.3 is 12.4 Å². The maximum Gasteiger partial charge on any atom is 0.417 e. The van der Waals surface area contributed by atoms with Gasteiger partial charge in [0.15, 0.2) is 0 Å². The number of aryl methyl sites for hydroxylation is 4. The van der Waals surface area contributed by atoms with Crippen molar-refractivity contribution in [2.75, 3.05) is 72.6 Å². The Bertz CT molecular complexity index is 5540. The number of ether oxygens (including phenoxy) is 2. The fourth-order valence-electron chi connectivity index (χ4n) is 11.9. The highest BCUT2D eigenvalue weighted by Crippen LogP contribution is 2.35. The van der Waals surface area contributed by atoms with Crippen LogP contribution in [0.5, 0.6) is 11.5 Å². The van der Waals surface area contributed by atoms with E-state index in [1.165, 1.54) is 95.5 Å². The van der Waals surface area contributed by atoms with Crippen molar-refractivity contribution in [3.8, 4) is 11.5 Å². The molecule has 0 fully saturated rings. The SMILES string of the molecule is CCC(=NCC(=N)N)c1cccc(Cl)c1.COc1cc(Cl)c(C=NCC(=N)N)c(Cl)c1.Cc1cccc(C)c1C=NCC1=NCCC1.Cc1cccc(C)c1CC1=NCCC1.Clc1cccc(Cl)c1C=NCC1=NCCC1.N=C(N)CN=Cc1c(Cl)cc(OCc2ccccc2)cc1Cl.N=C(N)CN=Cc1c(F)cccc1C(F)(F)F.N=C(N)CN=Cc1cc(C(F)(F)F)ccc1Cl. The number of benzene rings is 9. The van der Waals surface area contributed by atoms with Crippen molar-refractivity contribution >= 4 is 182 Å². The van der Waals surface area contributed by atoms with Gasteiger partial charge in [0.05, 0.1) is 94.2 Å². The fourth-order valence-corrected chi connectivity index (χ4v) is 13.9. The first kappa shape index (κ1) is 112. The molecule has 0 saturated carbocycles. The van der Waals surface area contributed by atoms with Crippen LogP contribution in [0.2, 0.25) is 40.2 Å². The Kier molecular flexibility index (Phi) is 49.8. The average molecular weight is 1990 g/mol. The minimum absolute atomic E-state index is 0.0167. The van der Waals surface area contributed by atoms with Crippen LogP contribution in [0.3, 0.4) is 0 Å². The highest BCUT2D eigenvalue weighted by atomic mass is 35.5. The Morgan fingerprint density at radius 1 is 0.421 bits per heavy atom. The summed E-state index contributed by atoms with van der Waals surface area (Å²) in [5.74, 6) is -0.310. The predicted octanol–water partition coefficient (Wildman–Crippen LogP) is 23.4. The van der Waals surface area contributed by atoms with Crippen LogP contribution in [0.15, 0.2) is 220 Å². The van der Waals surface area contributed by atoms with Gasteiger partial charge in [0.1, 0.15) is 53.1 Å². The van der Waals surface area contributed by atoms with Gasteiger partial charge in [0.25, 0.3) is 0 Å². The number of nitrogens with two attached hydrogens (primary N) is 5. The molecule has 0 bridgehead atoms. The van der Waals surface area contributed by atoms with E-state index in [0.29, 0.717) is 70.9 Å². The number of methoxy groups -OCH3 is 1. The van der Waals surface area contributed by atoms with E-state index in [9.17, 15) is 30.7 Å². The lowest BCUT2D eigenvalue weighted by molar-refractivity contribution is -0.138. The van der Waals surface area contributed by atoms with E-state index in [4.69, 9.17) is 158 Å². The monoisotopic (exact) mass is 1980 g/mol. The first-order chi connectivity index (χ1) is 63.2. The number of hydrogen-bond donors (Lipinski definition) is 10. The maximum atomic E-state index is 13.2. The van der Waals surface area contributed by atoms with Crippen LogP contribution in [0, 0.1) is 60.6 Å². The number of hydrogen-bond acceptors (Lipinski definition) is 17. The molecule has 0 aliphatic carbocycles. The number of halogens is 15. The van der Waals surface area contributed by atoms with Crippen LogP contribution in [-0.4, -0.2) is 162 Å². The van der Waals surface area contributed by atoms with Crippen molar-refractivity contribution in [1.82, 2.24) is 0 Å². The van der Waals surface area contributed by atoms with Crippen molar-refractivity contribution in [1.29, 1.82) is 27.0 Å². The number of aliphatic imine (C=N–C) groups is 10. The van der Waals surface area contributed by atoms with Crippen LogP contribution in [-0.2, 0) is 25.4 Å². The largest absolute Gasteiger partial charge is 0.497 e. The summed E-state index contributed by atoms with van der Waals surface area (Å²) in [5.41, 5.74) is 40.1. The molecule has 3 aliphatic heterocycles.